The minimum Gasteiger partial charge on any atom is -0.461 e. The quantitative estimate of drug-likeness (QED) is 0.837. The molecule has 0 spiro atoms. The molecule has 2 N–H and O–H groups in total. The van der Waals surface area contributed by atoms with Crippen molar-refractivity contribution in [1.29, 1.82) is 0 Å². The molecule has 2 aromatic heterocycles. The van der Waals surface area contributed by atoms with Gasteiger partial charge < -0.3 is 15.4 Å². The van der Waals surface area contributed by atoms with E-state index in [0.29, 0.717) is 11.9 Å². The third-order valence-corrected chi connectivity index (χ3v) is 2.67. The minimum absolute atomic E-state index is 0.00505. The predicted molar refractivity (Wildman–Crippen MR) is 81.0 cm³/mol. The third-order valence-electron chi connectivity index (χ3n) is 2.67. The van der Waals surface area contributed by atoms with Crippen LogP contribution in [0.3, 0.4) is 0 Å². The highest BCUT2D eigenvalue weighted by Crippen LogP contribution is 2.20. The summed E-state index contributed by atoms with van der Waals surface area (Å²) in [6.45, 7) is 5.89. The van der Waals surface area contributed by atoms with E-state index in [4.69, 9.17) is 4.74 Å². The molecular formula is C13H21N7O. The zero-order chi connectivity index (χ0) is 15.4. The van der Waals surface area contributed by atoms with Gasteiger partial charge in [0.05, 0.1) is 17.5 Å². The number of hydrogen-bond acceptors (Lipinski definition) is 7. The Bertz CT molecular complexity index is 609. The predicted octanol–water partition coefficient (Wildman–Crippen LogP) is 1.74. The SMILES string of the molecule is CCc1nn(C)cc1Nc1nc(NC)nc(OC(C)C)n1. The monoisotopic (exact) mass is 291 g/mol. The van der Waals surface area contributed by atoms with Crippen LogP contribution in [-0.2, 0) is 13.5 Å². The smallest absolute Gasteiger partial charge is 0.323 e. The van der Waals surface area contributed by atoms with Gasteiger partial charge in [-0.05, 0) is 20.3 Å². The number of rotatable bonds is 6. The molecule has 0 amide bonds. The van der Waals surface area contributed by atoms with Crippen LogP contribution >= 0.6 is 0 Å². The number of ether oxygens (including phenoxy) is 1. The summed E-state index contributed by atoms with van der Waals surface area (Å²) < 4.78 is 7.29. The molecule has 0 radical (unpaired) electrons. The standard InChI is InChI=1S/C13H21N7O/c1-6-9-10(7-20(5)19-9)15-12-16-11(14-4)17-13(18-12)21-8(2)3/h7-8H,6H2,1-5H3,(H2,14,15,16,17,18). The Kier molecular flexibility index (Phi) is 4.56. The Morgan fingerprint density at radius 1 is 1.24 bits per heavy atom. The largest absolute Gasteiger partial charge is 0.461 e. The van der Waals surface area contributed by atoms with Gasteiger partial charge in [0.15, 0.2) is 0 Å². The molecule has 0 aliphatic carbocycles. The summed E-state index contributed by atoms with van der Waals surface area (Å²) in [5.74, 6) is 0.873. The molecule has 0 bridgehead atoms. The molecule has 0 saturated heterocycles. The molecule has 8 nitrogen and oxygen atoms in total. The van der Waals surface area contributed by atoms with Gasteiger partial charge in [-0.2, -0.15) is 20.1 Å². The Hall–Kier alpha value is -2.38. The second kappa shape index (κ2) is 6.38. The number of hydrogen-bond donors (Lipinski definition) is 2. The molecule has 0 unspecified atom stereocenters. The lowest BCUT2D eigenvalue weighted by Gasteiger charge is -2.11. The van der Waals surface area contributed by atoms with Crippen LogP contribution in [0.15, 0.2) is 6.20 Å². The zero-order valence-electron chi connectivity index (χ0n) is 13.0. The molecule has 0 saturated carbocycles. The highest BCUT2D eigenvalue weighted by atomic mass is 16.5. The second-order valence-corrected chi connectivity index (χ2v) is 4.82. The molecule has 0 aromatic carbocycles. The molecule has 2 aromatic rings. The average Bonchev–Trinajstić information content (AvgIpc) is 2.77. The van der Waals surface area contributed by atoms with Gasteiger partial charge in [-0.3, -0.25) is 4.68 Å². The van der Waals surface area contributed by atoms with Crippen LogP contribution in [0.4, 0.5) is 17.6 Å². The van der Waals surface area contributed by atoms with E-state index in [1.54, 1.807) is 11.7 Å². The van der Waals surface area contributed by atoms with E-state index in [1.807, 2.05) is 34.0 Å². The van der Waals surface area contributed by atoms with Crippen molar-refractivity contribution in [2.75, 3.05) is 17.7 Å². The average molecular weight is 291 g/mol. The first kappa shape index (κ1) is 15.0. The van der Waals surface area contributed by atoms with Crippen LogP contribution in [0.1, 0.15) is 26.5 Å². The van der Waals surface area contributed by atoms with Gasteiger partial charge in [-0.25, -0.2) is 0 Å². The lowest BCUT2D eigenvalue weighted by molar-refractivity contribution is 0.222. The lowest BCUT2D eigenvalue weighted by atomic mass is 10.3. The first-order valence-electron chi connectivity index (χ1n) is 6.91. The van der Waals surface area contributed by atoms with E-state index in [0.717, 1.165) is 17.8 Å². The summed E-state index contributed by atoms with van der Waals surface area (Å²) >= 11 is 0. The molecule has 0 aliphatic heterocycles. The number of aryl methyl sites for hydroxylation is 2. The summed E-state index contributed by atoms with van der Waals surface area (Å²) in [6.07, 6.45) is 2.71. The summed E-state index contributed by atoms with van der Waals surface area (Å²) in [7, 11) is 3.63. The van der Waals surface area contributed by atoms with Crippen LogP contribution in [0.25, 0.3) is 0 Å². The summed E-state index contributed by atoms with van der Waals surface area (Å²) in [6, 6.07) is 0.286. The van der Waals surface area contributed by atoms with Crippen molar-refractivity contribution in [1.82, 2.24) is 24.7 Å². The van der Waals surface area contributed by atoms with Crippen molar-refractivity contribution >= 4 is 17.6 Å². The van der Waals surface area contributed by atoms with Crippen molar-refractivity contribution in [2.24, 2.45) is 7.05 Å². The van der Waals surface area contributed by atoms with Gasteiger partial charge in [-0.1, -0.05) is 6.92 Å². The van der Waals surface area contributed by atoms with Gasteiger partial charge in [0.25, 0.3) is 0 Å². The topological polar surface area (TPSA) is 89.8 Å². The van der Waals surface area contributed by atoms with Crippen molar-refractivity contribution < 1.29 is 4.74 Å². The van der Waals surface area contributed by atoms with Gasteiger partial charge in [0.2, 0.25) is 11.9 Å². The van der Waals surface area contributed by atoms with Crippen molar-refractivity contribution in [3.63, 3.8) is 0 Å². The minimum atomic E-state index is -0.00505. The zero-order valence-corrected chi connectivity index (χ0v) is 13.0. The number of anilines is 3. The number of aromatic nitrogens is 5. The highest BCUT2D eigenvalue weighted by molar-refractivity contribution is 5.56. The van der Waals surface area contributed by atoms with E-state index < -0.39 is 0 Å². The Morgan fingerprint density at radius 3 is 2.57 bits per heavy atom. The Labute approximate surface area is 124 Å². The van der Waals surface area contributed by atoms with Crippen LogP contribution in [0.5, 0.6) is 6.01 Å². The maximum absolute atomic E-state index is 5.53. The highest BCUT2D eigenvalue weighted by Gasteiger charge is 2.11. The molecule has 2 heterocycles. The normalized spacial score (nSPS) is 10.8. The molecule has 0 fully saturated rings. The fraction of sp³-hybridized carbons (Fsp3) is 0.538. The summed E-state index contributed by atoms with van der Waals surface area (Å²) in [5.41, 5.74) is 1.83. The first-order valence-corrected chi connectivity index (χ1v) is 6.91. The number of nitrogens with zero attached hydrogens (tertiary/aromatic N) is 5. The maximum atomic E-state index is 5.53. The van der Waals surface area contributed by atoms with Crippen molar-refractivity contribution in [3.05, 3.63) is 11.9 Å². The molecular weight excluding hydrogens is 270 g/mol. The van der Waals surface area contributed by atoms with Crippen LogP contribution < -0.4 is 15.4 Å². The Balaban J connectivity index is 2.29. The van der Waals surface area contributed by atoms with Crippen molar-refractivity contribution in [2.45, 2.75) is 33.3 Å². The maximum Gasteiger partial charge on any atom is 0.323 e. The van der Waals surface area contributed by atoms with Gasteiger partial charge >= 0.3 is 6.01 Å². The lowest BCUT2D eigenvalue weighted by Crippen LogP contribution is -2.12. The molecule has 114 valence electrons. The second-order valence-electron chi connectivity index (χ2n) is 4.82. The van der Waals surface area contributed by atoms with E-state index in [-0.39, 0.29) is 12.1 Å². The molecule has 2 rings (SSSR count). The van der Waals surface area contributed by atoms with Crippen LogP contribution in [-0.4, -0.2) is 37.9 Å². The Morgan fingerprint density at radius 2 is 1.95 bits per heavy atom. The fourth-order valence-electron chi connectivity index (χ4n) is 1.81. The molecule has 21 heavy (non-hydrogen) atoms. The molecule has 8 heteroatoms. The van der Waals surface area contributed by atoms with Crippen molar-refractivity contribution in [3.8, 4) is 6.01 Å². The summed E-state index contributed by atoms with van der Waals surface area (Å²) in [5, 5.41) is 10.4. The van der Waals surface area contributed by atoms with E-state index in [9.17, 15) is 0 Å². The van der Waals surface area contributed by atoms with Gasteiger partial charge in [-0.15, -0.1) is 0 Å². The van der Waals surface area contributed by atoms with Crippen LogP contribution in [0, 0.1) is 0 Å². The van der Waals surface area contributed by atoms with E-state index in [1.165, 1.54) is 0 Å². The molecule has 0 atom stereocenters. The summed E-state index contributed by atoms with van der Waals surface area (Å²) in [4.78, 5) is 12.7. The van der Waals surface area contributed by atoms with Gasteiger partial charge in [0.1, 0.15) is 0 Å². The van der Waals surface area contributed by atoms with E-state index >= 15 is 0 Å². The molecule has 0 aliphatic rings. The first-order chi connectivity index (χ1) is 10.0. The van der Waals surface area contributed by atoms with E-state index in [2.05, 4.69) is 30.7 Å². The number of nitrogens with one attached hydrogen (secondary N) is 2. The third kappa shape index (κ3) is 3.80. The van der Waals surface area contributed by atoms with Crippen LogP contribution in [0.2, 0.25) is 0 Å². The van der Waals surface area contributed by atoms with Gasteiger partial charge in [0, 0.05) is 20.3 Å². The fourth-order valence-corrected chi connectivity index (χ4v) is 1.81.